The van der Waals surface area contributed by atoms with E-state index in [2.05, 4.69) is 56.1 Å². The van der Waals surface area contributed by atoms with Gasteiger partial charge in [0, 0.05) is 23.6 Å². The molecule has 1 radical (unpaired) electrons. The number of benzene rings is 1. The lowest BCUT2D eigenvalue weighted by atomic mass is 10.1. The first kappa shape index (κ1) is 8.36. The number of fused-ring (bicyclic) bond motifs is 1. The van der Waals surface area contributed by atoms with Crippen molar-refractivity contribution < 1.29 is 0 Å². The third-order valence-corrected chi connectivity index (χ3v) is 2.74. The molecule has 2 rings (SSSR count). The van der Waals surface area contributed by atoms with Crippen LogP contribution in [-0.4, -0.2) is 4.57 Å². The van der Waals surface area contributed by atoms with Crippen molar-refractivity contribution in [2.24, 2.45) is 7.05 Å². The first-order valence-corrected chi connectivity index (χ1v) is 4.59. The standard InChI is InChI=1S/C12H14N/c1-4-10-9(2)13(3)12-8-6-5-7-11(10)12/h4-8H,1-3H3. The van der Waals surface area contributed by atoms with E-state index in [-0.39, 0.29) is 0 Å². The number of aryl methyl sites for hydroxylation is 1. The fourth-order valence-corrected chi connectivity index (χ4v) is 1.91. The summed E-state index contributed by atoms with van der Waals surface area (Å²) in [5, 5.41) is 1.35. The highest BCUT2D eigenvalue weighted by molar-refractivity contribution is 5.86. The maximum absolute atomic E-state index is 2.24. The van der Waals surface area contributed by atoms with Crippen molar-refractivity contribution in [1.82, 2.24) is 4.57 Å². The van der Waals surface area contributed by atoms with E-state index in [1.165, 1.54) is 22.2 Å². The highest BCUT2D eigenvalue weighted by atomic mass is 14.9. The van der Waals surface area contributed by atoms with Crippen LogP contribution in [0.4, 0.5) is 0 Å². The number of hydrogen-bond acceptors (Lipinski definition) is 0. The molecule has 67 valence electrons. The molecule has 0 unspecified atom stereocenters. The van der Waals surface area contributed by atoms with Gasteiger partial charge in [-0.3, -0.25) is 0 Å². The molecule has 0 aliphatic carbocycles. The van der Waals surface area contributed by atoms with Crippen LogP contribution in [0.25, 0.3) is 10.9 Å². The van der Waals surface area contributed by atoms with E-state index in [0.717, 1.165) is 0 Å². The Kier molecular flexibility index (Phi) is 1.87. The molecule has 0 aliphatic rings. The fraction of sp³-hybridized carbons (Fsp3) is 0.250. The molecular weight excluding hydrogens is 158 g/mol. The second-order valence-electron chi connectivity index (χ2n) is 3.36. The summed E-state index contributed by atoms with van der Waals surface area (Å²) in [5.41, 5.74) is 4.01. The zero-order chi connectivity index (χ0) is 9.42. The molecule has 2 aromatic rings. The third-order valence-electron chi connectivity index (χ3n) is 2.74. The average molecular weight is 172 g/mol. The number of aromatic nitrogens is 1. The fourth-order valence-electron chi connectivity index (χ4n) is 1.91. The zero-order valence-electron chi connectivity index (χ0n) is 8.33. The molecule has 0 bridgehead atoms. The molecule has 0 saturated carbocycles. The first-order valence-electron chi connectivity index (χ1n) is 4.59. The Morgan fingerprint density at radius 3 is 2.62 bits per heavy atom. The van der Waals surface area contributed by atoms with Gasteiger partial charge in [0.15, 0.2) is 0 Å². The van der Waals surface area contributed by atoms with Crippen molar-refractivity contribution in [2.45, 2.75) is 13.8 Å². The van der Waals surface area contributed by atoms with Crippen LogP contribution >= 0.6 is 0 Å². The Labute approximate surface area is 79.0 Å². The van der Waals surface area contributed by atoms with Gasteiger partial charge >= 0.3 is 0 Å². The summed E-state index contributed by atoms with van der Waals surface area (Å²) in [6.45, 7) is 4.25. The van der Waals surface area contributed by atoms with Crippen LogP contribution in [0.3, 0.4) is 0 Å². The predicted octanol–water partition coefficient (Wildman–Crippen LogP) is 3.06. The maximum atomic E-state index is 2.24. The third kappa shape index (κ3) is 1.07. The summed E-state index contributed by atoms with van der Waals surface area (Å²) in [6.07, 6.45) is 2.18. The van der Waals surface area contributed by atoms with E-state index in [1.807, 2.05) is 0 Å². The molecule has 1 aromatic heterocycles. The maximum Gasteiger partial charge on any atom is 0.0482 e. The lowest BCUT2D eigenvalue weighted by molar-refractivity contribution is 0.911. The van der Waals surface area contributed by atoms with Gasteiger partial charge < -0.3 is 4.57 Å². The topological polar surface area (TPSA) is 4.93 Å². The molecule has 0 saturated heterocycles. The van der Waals surface area contributed by atoms with E-state index < -0.39 is 0 Å². The van der Waals surface area contributed by atoms with Crippen molar-refractivity contribution >= 4 is 10.9 Å². The molecule has 0 N–H and O–H groups in total. The largest absolute Gasteiger partial charge is 0.348 e. The van der Waals surface area contributed by atoms with Crippen LogP contribution < -0.4 is 0 Å². The quantitative estimate of drug-likeness (QED) is 0.623. The van der Waals surface area contributed by atoms with Gasteiger partial charge in [-0.1, -0.05) is 25.1 Å². The van der Waals surface area contributed by atoms with E-state index in [1.54, 1.807) is 0 Å². The van der Waals surface area contributed by atoms with E-state index >= 15 is 0 Å². The second-order valence-corrected chi connectivity index (χ2v) is 3.36. The van der Waals surface area contributed by atoms with Gasteiger partial charge in [-0.15, -0.1) is 0 Å². The van der Waals surface area contributed by atoms with Gasteiger partial charge in [0.1, 0.15) is 0 Å². The van der Waals surface area contributed by atoms with Gasteiger partial charge in [-0.05, 0) is 25.0 Å². The minimum atomic E-state index is 1.31. The number of hydrogen-bond donors (Lipinski definition) is 0. The summed E-state index contributed by atoms with van der Waals surface area (Å²) in [5.74, 6) is 0. The van der Waals surface area contributed by atoms with E-state index in [9.17, 15) is 0 Å². The molecule has 0 spiro atoms. The lowest BCUT2D eigenvalue weighted by Crippen LogP contribution is -1.90. The minimum Gasteiger partial charge on any atom is -0.348 e. The summed E-state index contributed by atoms with van der Waals surface area (Å²) < 4.78 is 2.24. The molecule has 0 amide bonds. The SMILES string of the molecule is C[CH]c1c(C)n(C)c2ccccc12. The Morgan fingerprint density at radius 1 is 1.23 bits per heavy atom. The smallest absolute Gasteiger partial charge is 0.0482 e. The molecule has 13 heavy (non-hydrogen) atoms. The van der Waals surface area contributed by atoms with Crippen LogP contribution in [-0.2, 0) is 7.05 Å². The average Bonchev–Trinajstić information content (AvgIpc) is 2.41. The summed E-state index contributed by atoms with van der Waals surface area (Å²) in [6, 6.07) is 8.52. The molecule has 0 aliphatic heterocycles. The van der Waals surface area contributed by atoms with Crippen LogP contribution in [0, 0.1) is 13.3 Å². The van der Waals surface area contributed by atoms with Crippen molar-refractivity contribution in [1.29, 1.82) is 0 Å². The predicted molar refractivity (Wildman–Crippen MR) is 56.7 cm³/mol. The summed E-state index contributed by atoms with van der Waals surface area (Å²) >= 11 is 0. The van der Waals surface area contributed by atoms with Crippen LogP contribution in [0.15, 0.2) is 24.3 Å². The Balaban J connectivity index is 2.90. The van der Waals surface area contributed by atoms with Crippen molar-refractivity contribution in [3.63, 3.8) is 0 Å². The van der Waals surface area contributed by atoms with Gasteiger partial charge in [-0.25, -0.2) is 0 Å². The molecule has 0 atom stereocenters. The van der Waals surface area contributed by atoms with Crippen LogP contribution in [0.1, 0.15) is 18.2 Å². The highest BCUT2D eigenvalue weighted by Gasteiger charge is 2.08. The van der Waals surface area contributed by atoms with Crippen molar-refractivity contribution in [3.05, 3.63) is 41.9 Å². The van der Waals surface area contributed by atoms with Gasteiger partial charge in [0.05, 0.1) is 0 Å². The van der Waals surface area contributed by atoms with Crippen molar-refractivity contribution in [3.8, 4) is 0 Å². The molecule has 0 fully saturated rings. The Hall–Kier alpha value is -1.24. The van der Waals surface area contributed by atoms with Gasteiger partial charge in [-0.2, -0.15) is 0 Å². The molecule has 1 heteroatoms. The van der Waals surface area contributed by atoms with Gasteiger partial charge in [0.2, 0.25) is 0 Å². The number of rotatable bonds is 1. The molecular formula is C12H14N. The molecule has 1 nitrogen and oxygen atoms in total. The second kappa shape index (κ2) is 2.91. The van der Waals surface area contributed by atoms with E-state index in [0.29, 0.717) is 0 Å². The monoisotopic (exact) mass is 172 g/mol. The first-order chi connectivity index (χ1) is 6.25. The highest BCUT2D eigenvalue weighted by Crippen LogP contribution is 2.25. The number of para-hydroxylation sites is 1. The molecule has 1 heterocycles. The van der Waals surface area contributed by atoms with Crippen LogP contribution in [0.2, 0.25) is 0 Å². The zero-order valence-corrected chi connectivity index (χ0v) is 8.33. The van der Waals surface area contributed by atoms with E-state index in [4.69, 9.17) is 0 Å². The van der Waals surface area contributed by atoms with Crippen LogP contribution in [0.5, 0.6) is 0 Å². The number of nitrogens with zero attached hydrogens (tertiary/aromatic N) is 1. The summed E-state index contributed by atoms with van der Waals surface area (Å²) in [4.78, 5) is 0. The molecule has 1 aromatic carbocycles. The normalized spacial score (nSPS) is 11.0. The summed E-state index contributed by atoms with van der Waals surface area (Å²) in [7, 11) is 2.12. The Bertz CT molecular complexity index is 438. The Morgan fingerprint density at radius 2 is 1.92 bits per heavy atom. The lowest BCUT2D eigenvalue weighted by Gasteiger charge is -1.97. The van der Waals surface area contributed by atoms with Crippen molar-refractivity contribution in [2.75, 3.05) is 0 Å². The van der Waals surface area contributed by atoms with Gasteiger partial charge in [0.25, 0.3) is 0 Å². The minimum absolute atomic E-state index is 1.31.